The van der Waals surface area contributed by atoms with Gasteiger partial charge < -0.3 is 18.9 Å². The highest BCUT2D eigenvalue weighted by molar-refractivity contribution is 6.19. The average Bonchev–Trinajstić information content (AvgIpc) is 2.90. The van der Waals surface area contributed by atoms with E-state index >= 15 is 0 Å². The molecule has 3 aliphatic rings. The van der Waals surface area contributed by atoms with E-state index < -0.39 is 23.3 Å². The number of imide groups is 2. The summed E-state index contributed by atoms with van der Waals surface area (Å²) >= 11 is 0. The molecule has 0 radical (unpaired) electrons. The highest BCUT2D eigenvalue weighted by Gasteiger charge is 2.57. The van der Waals surface area contributed by atoms with Crippen LogP contribution in [0.5, 0.6) is 11.5 Å². The normalized spacial score (nSPS) is 23.2. The number of para-hydroxylation sites is 1. The number of barbiturate groups is 1. The summed E-state index contributed by atoms with van der Waals surface area (Å²) in [5.74, 6) is 0.237. The van der Waals surface area contributed by atoms with Gasteiger partial charge in [-0.2, -0.15) is 0 Å². The number of urea groups is 1. The second kappa shape index (κ2) is 9.33. The molecular formula is C27H32N4O6. The van der Waals surface area contributed by atoms with Crippen molar-refractivity contribution in [2.45, 2.75) is 25.3 Å². The number of fused-ring (bicyclic) bond motifs is 4. The van der Waals surface area contributed by atoms with Crippen LogP contribution >= 0.6 is 0 Å². The highest BCUT2D eigenvalue weighted by Crippen LogP contribution is 2.41. The molecule has 10 heteroatoms. The third kappa shape index (κ3) is 3.99. The van der Waals surface area contributed by atoms with Crippen LogP contribution in [-0.4, -0.2) is 85.1 Å². The molecule has 0 aliphatic carbocycles. The lowest BCUT2D eigenvalue weighted by Crippen LogP contribution is -2.67. The lowest BCUT2D eigenvalue weighted by Gasteiger charge is -2.48. The number of likely N-dealkylation sites (tertiary alicyclic amines) is 1. The van der Waals surface area contributed by atoms with E-state index in [9.17, 15) is 19.2 Å². The minimum absolute atomic E-state index is 0.00152. The lowest BCUT2D eigenvalue weighted by molar-refractivity contribution is -0.159. The predicted molar refractivity (Wildman–Crippen MR) is 135 cm³/mol. The largest absolute Gasteiger partial charge is 0.493 e. The van der Waals surface area contributed by atoms with Crippen LogP contribution in [0, 0.1) is 11.3 Å². The van der Waals surface area contributed by atoms with Crippen molar-refractivity contribution in [2.75, 3.05) is 47.9 Å². The molecule has 0 unspecified atom stereocenters. The van der Waals surface area contributed by atoms with E-state index in [1.165, 1.54) is 28.3 Å². The number of piperidine rings is 1. The molecule has 0 spiro atoms. The number of rotatable bonds is 6. The average molecular weight is 509 g/mol. The minimum Gasteiger partial charge on any atom is -0.493 e. The Hall–Kier alpha value is -3.66. The maximum absolute atomic E-state index is 13.8. The van der Waals surface area contributed by atoms with Crippen molar-refractivity contribution in [1.82, 2.24) is 19.3 Å². The van der Waals surface area contributed by atoms with E-state index in [2.05, 4.69) is 4.90 Å². The molecule has 4 amide bonds. The molecule has 3 aliphatic heterocycles. The molecule has 5 rings (SSSR count). The number of hydrogen-bond donors (Lipinski definition) is 0. The Morgan fingerprint density at radius 1 is 0.892 bits per heavy atom. The number of methoxy groups -OCH3 is 2. The Morgan fingerprint density at radius 2 is 1.59 bits per heavy atom. The highest BCUT2D eigenvalue weighted by atomic mass is 16.5. The van der Waals surface area contributed by atoms with Crippen LogP contribution in [-0.2, 0) is 22.6 Å². The van der Waals surface area contributed by atoms with Crippen molar-refractivity contribution < 1.29 is 23.9 Å². The quantitative estimate of drug-likeness (QED) is 0.546. The number of nitrogens with zero attached hydrogens (tertiary/aromatic N) is 4. The summed E-state index contributed by atoms with van der Waals surface area (Å²) < 4.78 is 12.9. The SMILES string of the molecule is COc1cccc(CC2(CN3C[C@H]4C[C@H](C3)c3cccc(=O)n3C4)C(=O)N(C)C(=O)N(C)C2=O)c1OC. The lowest BCUT2D eigenvalue weighted by atomic mass is 9.75. The molecule has 196 valence electrons. The first kappa shape index (κ1) is 25.0. The fraction of sp³-hybridized carbons (Fsp3) is 0.481. The zero-order valence-corrected chi connectivity index (χ0v) is 21.6. The Labute approximate surface area is 215 Å². The van der Waals surface area contributed by atoms with Crippen molar-refractivity contribution in [3.8, 4) is 11.5 Å². The predicted octanol–water partition coefficient (Wildman–Crippen LogP) is 1.56. The topological polar surface area (TPSA) is 101 Å². The first-order chi connectivity index (χ1) is 17.7. The Kier molecular flexibility index (Phi) is 6.31. The Bertz CT molecular complexity index is 1300. The molecule has 1 aromatic carbocycles. The Morgan fingerprint density at radius 3 is 2.27 bits per heavy atom. The second-order valence-corrected chi connectivity index (χ2v) is 10.3. The number of ether oxygens (including phenoxy) is 2. The molecule has 0 saturated carbocycles. The molecule has 10 nitrogen and oxygen atoms in total. The van der Waals surface area contributed by atoms with Gasteiger partial charge in [0.1, 0.15) is 5.41 Å². The zero-order valence-electron chi connectivity index (χ0n) is 21.6. The van der Waals surface area contributed by atoms with Gasteiger partial charge in [-0.05, 0) is 30.0 Å². The van der Waals surface area contributed by atoms with Crippen LogP contribution in [0.4, 0.5) is 4.79 Å². The maximum Gasteiger partial charge on any atom is 0.332 e. The van der Waals surface area contributed by atoms with Gasteiger partial charge in [0.2, 0.25) is 11.8 Å². The summed E-state index contributed by atoms with van der Waals surface area (Å²) in [7, 11) is 5.88. The van der Waals surface area contributed by atoms with Gasteiger partial charge in [0, 0.05) is 64.4 Å². The summed E-state index contributed by atoms with van der Waals surface area (Å²) in [6, 6.07) is 10.1. The van der Waals surface area contributed by atoms with Crippen molar-refractivity contribution in [1.29, 1.82) is 0 Å². The number of pyridine rings is 1. The molecule has 2 bridgehead atoms. The molecule has 2 saturated heterocycles. The van der Waals surface area contributed by atoms with Crippen molar-refractivity contribution in [2.24, 2.45) is 11.3 Å². The van der Waals surface area contributed by atoms with Crippen molar-refractivity contribution in [3.63, 3.8) is 0 Å². The fourth-order valence-electron chi connectivity index (χ4n) is 6.40. The molecule has 0 N–H and O–H groups in total. The van der Waals surface area contributed by atoms with Gasteiger partial charge in [-0.15, -0.1) is 0 Å². The number of hydrogen-bond acceptors (Lipinski definition) is 7. The zero-order chi connectivity index (χ0) is 26.5. The van der Waals surface area contributed by atoms with Gasteiger partial charge in [0.25, 0.3) is 5.56 Å². The Balaban J connectivity index is 1.54. The number of carbonyl (C=O) groups excluding carboxylic acids is 3. The van der Waals surface area contributed by atoms with Gasteiger partial charge in [-0.3, -0.25) is 24.2 Å². The van der Waals surface area contributed by atoms with Gasteiger partial charge in [0.15, 0.2) is 11.5 Å². The molecule has 2 atom stereocenters. The second-order valence-electron chi connectivity index (χ2n) is 10.3. The van der Waals surface area contributed by atoms with E-state index in [-0.39, 0.29) is 30.4 Å². The van der Waals surface area contributed by atoms with Gasteiger partial charge in [-0.1, -0.05) is 18.2 Å². The van der Waals surface area contributed by atoms with Gasteiger partial charge in [-0.25, -0.2) is 4.79 Å². The maximum atomic E-state index is 13.8. The third-order valence-electron chi connectivity index (χ3n) is 8.03. The van der Waals surface area contributed by atoms with Gasteiger partial charge in [0.05, 0.1) is 14.2 Å². The summed E-state index contributed by atoms with van der Waals surface area (Å²) in [6.07, 6.45) is 1.01. The molecule has 2 aromatic rings. The molecular weight excluding hydrogens is 476 g/mol. The van der Waals surface area contributed by atoms with Crippen LogP contribution in [0.25, 0.3) is 0 Å². The smallest absolute Gasteiger partial charge is 0.332 e. The van der Waals surface area contributed by atoms with E-state index in [1.54, 1.807) is 24.3 Å². The number of amides is 4. The molecule has 2 fully saturated rings. The fourth-order valence-corrected chi connectivity index (χ4v) is 6.40. The first-order valence-electron chi connectivity index (χ1n) is 12.4. The summed E-state index contributed by atoms with van der Waals surface area (Å²) in [6.45, 7) is 2.02. The molecule has 1 aromatic heterocycles. The summed E-state index contributed by atoms with van der Waals surface area (Å²) in [5.41, 5.74) is 0.108. The van der Waals surface area contributed by atoms with Crippen molar-refractivity contribution >= 4 is 17.8 Å². The van der Waals surface area contributed by atoms with E-state index in [1.807, 2.05) is 16.7 Å². The van der Waals surface area contributed by atoms with E-state index in [0.717, 1.165) is 21.9 Å². The minimum atomic E-state index is -1.53. The van der Waals surface area contributed by atoms with Crippen molar-refractivity contribution in [3.05, 3.63) is 58.0 Å². The number of carbonyl (C=O) groups is 3. The molecule has 4 heterocycles. The summed E-state index contributed by atoms with van der Waals surface area (Å²) in [4.78, 5) is 57.0. The number of benzene rings is 1. The first-order valence-corrected chi connectivity index (χ1v) is 12.4. The molecule has 37 heavy (non-hydrogen) atoms. The van der Waals surface area contributed by atoms with E-state index in [0.29, 0.717) is 36.7 Å². The van der Waals surface area contributed by atoms with Crippen LogP contribution in [0.1, 0.15) is 23.6 Å². The summed E-state index contributed by atoms with van der Waals surface area (Å²) in [5, 5.41) is 0. The van der Waals surface area contributed by atoms with Gasteiger partial charge >= 0.3 is 6.03 Å². The van der Waals surface area contributed by atoms with E-state index in [4.69, 9.17) is 9.47 Å². The standard InChI is InChI=1S/C27H32N4O6/c1-28-24(33)27(25(34)29(2)26(28)35,12-18-7-5-9-21(36-3)23(18)37-4)16-30-13-17-11-19(15-30)20-8-6-10-22(32)31(20)14-17/h5-10,17,19H,11-16H2,1-4H3/t17-,19-/m1/s1. The monoisotopic (exact) mass is 508 g/mol. The van der Waals surface area contributed by atoms with Crippen LogP contribution in [0.2, 0.25) is 0 Å². The third-order valence-corrected chi connectivity index (χ3v) is 8.03. The van der Waals surface area contributed by atoms with Crippen LogP contribution < -0.4 is 15.0 Å². The number of aromatic nitrogens is 1. The van der Waals surface area contributed by atoms with Crippen LogP contribution in [0.15, 0.2) is 41.2 Å². The van der Waals surface area contributed by atoms with Crippen LogP contribution in [0.3, 0.4) is 0 Å².